The summed E-state index contributed by atoms with van der Waals surface area (Å²) in [6.07, 6.45) is 2.65. The van der Waals surface area contributed by atoms with Crippen LogP contribution in [-0.2, 0) is 11.3 Å². The van der Waals surface area contributed by atoms with Crippen LogP contribution in [0.4, 0.5) is 5.82 Å². The predicted molar refractivity (Wildman–Crippen MR) is 96.0 cm³/mol. The van der Waals surface area contributed by atoms with Crippen LogP contribution in [0.15, 0.2) is 30.6 Å². The number of hydrogen-bond acceptors (Lipinski definition) is 6. The average molecular weight is 360 g/mol. The van der Waals surface area contributed by atoms with Gasteiger partial charge in [-0.05, 0) is 35.7 Å². The molecule has 2 aromatic heterocycles. The van der Waals surface area contributed by atoms with E-state index in [4.69, 9.17) is 16.3 Å². The first kappa shape index (κ1) is 17.2. The first-order valence-electron chi connectivity index (χ1n) is 7.92. The van der Waals surface area contributed by atoms with Crippen molar-refractivity contribution >= 4 is 34.6 Å². The Balaban J connectivity index is 1.94. The molecule has 1 N–H and O–H groups in total. The third-order valence-corrected chi connectivity index (χ3v) is 3.85. The van der Waals surface area contributed by atoms with E-state index in [1.807, 2.05) is 16.7 Å². The molecule has 0 amide bonds. The van der Waals surface area contributed by atoms with Crippen LogP contribution < -0.4 is 5.32 Å². The van der Waals surface area contributed by atoms with Crippen molar-refractivity contribution in [1.82, 2.24) is 19.5 Å². The Morgan fingerprint density at radius 3 is 2.96 bits per heavy atom. The van der Waals surface area contributed by atoms with Crippen molar-refractivity contribution in [2.45, 2.75) is 19.9 Å². The minimum Gasteiger partial charge on any atom is -0.465 e. The summed E-state index contributed by atoms with van der Waals surface area (Å²) in [4.78, 5) is 24.6. The molecule has 1 aromatic carbocycles. The molecule has 0 fully saturated rings. The highest BCUT2D eigenvalue weighted by Crippen LogP contribution is 2.22. The molecule has 7 nitrogen and oxygen atoms in total. The molecule has 0 saturated heterocycles. The van der Waals surface area contributed by atoms with Gasteiger partial charge < -0.3 is 14.6 Å². The van der Waals surface area contributed by atoms with Gasteiger partial charge in [-0.1, -0.05) is 19.1 Å². The zero-order valence-corrected chi connectivity index (χ0v) is 14.7. The molecule has 0 saturated carbocycles. The molecular weight excluding hydrogens is 342 g/mol. The molecule has 0 unspecified atom stereocenters. The fourth-order valence-electron chi connectivity index (χ4n) is 2.51. The second kappa shape index (κ2) is 7.48. The molecule has 0 spiro atoms. The molecule has 25 heavy (non-hydrogen) atoms. The van der Waals surface area contributed by atoms with Crippen molar-refractivity contribution in [3.05, 3.63) is 47.0 Å². The van der Waals surface area contributed by atoms with E-state index in [0.717, 1.165) is 18.5 Å². The van der Waals surface area contributed by atoms with E-state index < -0.39 is 0 Å². The summed E-state index contributed by atoms with van der Waals surface area (Å²) in [7, 11) is 1.36. The number of benzene rings is 1. The summed E-state index contributed by atoms with van der Waals surface area (Å²) in [5.74, 6) is 0.257. The minimum absolute atomic E-state index is 0.163. The fraction of sp³-hybridized carbons (Fsp3) is 0.294. The van der Waals surface area contributed by atoms with E-state index in [1.54, 1.807) is 18.5 Å². The monoisotopic (exact) mass is 359 g/mol. The zero-order valence-electron chi connectivity index (χ0n) is 14.0. The Morgan fingerprint density at radius 2 is 2.20 bits per heavy atom. The highest BCUT2D eigenvalue weighted by atomic mass is 35.5. The van der Waals surface area contributed by atoms with Gasteiger partial charge in [0.1, 0.15) is 0 Å². The van der Waals surface area contributed by atoms with Gasteiger partial charge in [-0.15, -0.1) is 0 Å². The normalized spacial score (nSPS) is 10.8. The first-order chi connectivity index (χ1) is 12.1. The average Bonchev–Trinajstić information content (AvgIpc) is 3.02. The Bertz CT molecular complexity index is 909. The largest absolute Gasteiger partial charge is 0.465 e. The fourth-order valence-corrected chi connectivity index (χ4v) is 2.68. The van der Waals surface area contributed by atoms with Gasteiger partial charge in [0.2, 0.25) is 5.28 Å². The number of carbonyl (C=O) groups excluding carboxylic acids is 1. The molecule has 2 heterocycles. The number of nitrogens with one attached hydrogen (secondary N) is 1. The maximum absolute atomic E-state index is 11.7. The predicted octanol–water partition coefficient (Wildman–Crippen LogP) is 3.14. The number of nitrogens with zero attached hydrogens (tertiary/aromatic N) is 4. The summed E-state index contributed by atoms with van der Waals surface area (Å²) in [6, 6.07) is 7.25. The molecule has 0 radical (unpaired) electrons. The number of esters is 1. The smallest absolute Gasteiger partial charge is 0.337 e. The molecule has 3 rings (SSSR count). The van der Waals surface area contributed by atoms with Crippen LogP contribution in [0, 0.1) is 0 Å². The molecule has 3 aromatic rings. The standard InChI is InChI=1S/C17H18ClN5O2/c1-3-7-19-14-13-15(22-17(18)21-14)23(10-20-13)9-11-5-4-6-12(8-11)16(24)25-2/h4-6,8,10H,3,7,9H2,1-2H3,(H,19,21,22). The lowest BCUT2D eigenvalue weighted by atomic mass is 10.1. The molecule has 8 heteroatoms. The number of rotatable bonds is 6. The van der Waals surface area contributed by atoms with Gasteiger partial charge >= 0.3 is 5.97 Å². The van der Waals surface area contributed by atoms with Gasteiger partial charge in [0.05, 0.1) is 25.5 Å². The molecule has 0 bridgehead atoms. The second-order valence-electron chi connectivity index (χ2n) is 5.50. The molecule has 130 valence electrons. The summed E-state index contributed by atoms with van der Waals surface area (Å²) in [5.41, 5.74) is 2.74. The maximum Gasteiger partial charge on any atom is 0.337 e. The highest BCUT2D eigenvalue weighted by Gasteiger charge is 2.13. The number of ether oxygens (including phenoxy) is 1. The van der Waals surface area contributed by atoms with Gasteiger partial charge in [0.15, 0.2) is 17.0 Å². The van der Waals surface area contributed by atoms with Gasteiger partial charge in [-0.2, -0.15) is 9.97 Å². The second-order valence-corrected chi connectivity index (χ2v) is 5.84. The zero-order chi connectivity index (χ0) is 17.8. The Labute approximate surface area is 150 Å². The van der Waals surface area contributed by atoms with Crippen molar-refractivity contribution in [3.8, 4) is 0 Å². The van der Waals surface area contributed by atoms with Crippen LogP contribution in [0.1, 0.15) is 29.3 Å². The van der Waals surface area contributed by atoms with Crippen LogP contribution in [0.25, 0.3) is 11.2 Å². The highest BCUT2D eigenvalue weighted by molar-refractivity contribution is 6.28. The van der Waals surface area contributed by atoms with Crippen LogP contribution in [-0.4, -0.2) is 39.1 Å². The van der Waals surface area contributed by atoms with Crippen molar-refractivity contribution in [1.29, 1.82) is 0 Å². The van der Waals surface area contributed by atoms with Gasteiger partial charge in [-0.3, -0.25) is 0 Å². The van der Waals surface area contributed by atoms with Crippen molar-refractivity contribution in [2.75, 3.05) is 19.0 Å². The first-order valence-corrected chi connectivity index (χ1v) is 8.29. The molecule has 0 aliphatic rings. The van der Waals surface area contributed by atoms with Gasteiger partial charge in [0.25, 0.3) is 0 Å². The lowest BCUT2D eigenvalue weighted by Crippen LogP contribution is -2.06. The summed E-state index contributed by atoms with van der Waals surface area (Å²) >= 11 is 6.06. The van der Waals surface area contributed by atoms with E-state index in [1.165, 1.54) is 7.11 Å². The number of aromatic nitrogens is 4. The van der Waals surface area contributed by atoms with Crippen molar-refractivity contribution in [3.63, 3.8) is 0 Å². The lowest BCUT2D eigenvalue weighted by molar-refractivity contribution is 0.0600. The van der Waals surface area contributed by atoms with E-state index >= 15 is 0 Å². The number of carbonyl (C=O) groups is 1. The van der Waals surface area contributed by atoms with E-state index in [9.17, 15) is 4.79 Å². The number of anilines is 1. The lowest BCUT2D eigenvalue weighted by Gasteiger charge is -2.08. The topological polar surface area (TPSA) is 81.9 Å². The Kier molecular flexibility index (Phi) is 5.14. The van der Waals surface area contributed by atoms with Crippen LogP contribution in [0.5, 0.6) is 0 Å². The third kappa shape index (κ3) is 3.71. The number of imidazole rings is 1. The third-order valence-electron chi connectivity index (χ3n) is 3.68. The van der Waals surface area contributed by atoms with Crippen LogP contribution >= 0.6 is 11.6 Å². The number of hydrogen-bond donors (Lipinski definition) is 1. The molecule has 0 atom stereocenters. The van der Waals surface area contributed by atoms with E-state index in [-0.39, 0.29) is 11.3 Å². The van der Waals surface area contributed by atoms with Crippen LogP contribution in [0.3, 0.4) is 0 Å². The van der Waals surface area contributed by atoms with Crippen molar-refractivity contribution < 1.29 is 9.53 Å². The van der Waals surface area contributed by atoms with Crippen molar-refractivity contribution in [2.24, 2.45) is 0 Å². The molecule has 0 aliphatic carbocycles. The quantitative estimate of drug-likeness (QED) is 0.538. The minimum atomic E-state index is -0.367. The number of halogens is 1. The summed E-state index contributed by atoms with van der Waals surface area (Å²) < 4.78 is 6.63. The SMILES string of the molecule is CCCNc1nc(Cl)nc2c1ncn2Cc1cccc(C(=O)OC)c1. The molecule has 0 aliphatic heterocycles. The Morgan fingerprint density at radius 1 is 1.36 bits per heavy atom. The molecular formula is C17H18ClN5O2. The number of methoxy groups -OCH3 is 1. The number of fused-ring (bicyclic) bond motifs is 1. The van der Waals surface area contributed by atoms with Gasteiger partial charge in [0, 0.05) is 6.54 Å². The maximum atomic E-state index is 11.7. The summed E-state index contributed by atoms with van der Waals surface area (Å²) in [5, 5.41) is 3.38. The Hall–Kier alpha value is -2.67. The van der Waals surface area contributed by atoms with E-state index in [0.29, 0.717) is 29.1 Å². The van der Waals surface area contributed by atoms with E-state index in [2.05, 4.69) is 27.2 Å². The van der Waals surface area contributed by atoms with Crippen LogP contribution in [0.2, 0.25) is 5.28 Å². The van der Waals surface area contributed by atoms with Gasteiger partial charge in [-0.25, -0.2) is 9.78 Å². The summed E-state index contributed by atoms with van der Waals surface area (Å²) in [6.45, 7) is 3.35.